The van der Waals surface area contributed by atoms with Gasteiger partial charge in [0, 0.05) is 12.1 Å². The van der Waals surface area contributed by atoms with Crippen LogP contribution in [0.5, 0.6) is 11.5 Å². The van der Waals surface area contributed by atoms with Gasteiger partial charge in [-0.1, -0.05) is 17.3 Å². The molecule has 2 aromatic rings. The quantitative estimate of drug-likeness (QED) is 0.835. The number of benzene rings is 1. The summed E-state index contributed by atoms with van der Waals surface area (Å²) < 4.78 is 16.5. The van der Waals surface area contributed by atoms with Gasteiger partial charge in [0.25, 0.3) is 5.89 Å². The second-order valence-corrected chi connectivity index (χ2v) is 4.23. The topological polar surface area (TPSA) is 69.4 Å². The predicted octanol–water partition coefficient (Wildman–Crippen LogP) is 2.08. The summed E-state index contributed by atoms with van der Waals surface area (Å²) in [6.45, 7) is 5.21. The maximum atomic E-state index is 5.81. The fourth-order valence-electron chi connectivity index (χ4n) is 1.86. The maximum Gasteiger partial charge on any atom is 0.264 e. The summed E-state index contributed by atoms with van der Waals surface area (Å²) in [6.07, 6.45) is 0. The highest BCUT2D eigenvalue weighted by Gasteiger charge is 2.12. The molecule has 0 aliphatic carbocycles. The molecular formula is C14H19N3O3. The van der Waals surface area contributed by atoms with E-state index in [1.165, 1.54) is 0 Å². The molecule has 0 amide bonds. The predicted molar refractivity (Wildman–Crippen MR) is 73.7 cm³/mol. The van der Waals surface area contributed by atoms with E-state index in [1.807, 2.05) is 32.2 Å². The Balaban J connectivity index is 2.18. The largest absolute Gasteiger partial charge is 0.490 e. The van der Waals surface area contributed by atoms with Gasteiger partial charge >= 0.3 is 0 Å². The van der Waals surface area contributed by atoms with E-state index in [9.17, 15) is 0 Å². The summed E-state index contributed by atoms with van der Waals surface area (Å²) in [5.74, 6) is 2.47. The Kier molecular flexibility index (Phi) is 4.95. The average Bonchev–Trinajstić information content (AvgIpc) is 2.84. The molecule has 0 fully saturated rings. The van der Waals surface area contributed by atoms with Crippen LogP contribution in [0, 0.1) is 6.92 Å². The number of aromatic nitrogens is 2. The number of rotatable bonds is 7. The van der Waals surface area contributed by atoms with Crippen molar-refractivity contribution in [3.63, 3.8) is 0 Å². The van der Waals surface area contributed by atoms with E-state index in [2.05, 4.69) is 15.5 Å². The van der Waals surface area contributed by atoms with Gasteiger partial charge < -0.3 is 19.3 Å². The van der Waals surface area contributed by atoms with Crippen LogP contribution in [0.1, 0.15) is 24.2 Å². The van der Waals surface area contributed by atoms with Crippen LogP contribution in [-0.4, -0.2) is 23.8 Å². The zero-order valence-corrected chi connectivity index (χ0v) is 12.0. The lowest BCUT2D eigenvalue weighted by Crippen LogP contribution is -2.09. The third-order valence-electron chi connectivity index (χ3n) is 2.64. The molecule has 1 heterocycles. The minimum atomic E-state index is 0.224. The number of aryl methyl sites for hydroxylation is 1. The van der Waals surface area contributed by atoms with Crippen LogP contribution in [0.3, 0.4) is 0 Å². The molecule has 0 aliphatic heterocycles. The van der Waals surface area contributed by atoms with Gasteiger partial charge in [0.15, 0.2) is 23.9 Å². The molecule has 108 valence electrons. The minimum Gasteiger partial charge on any atom is -0.490 e. The van der Waals surface area contributed by atoms with Gasteiger partial charge in [-0.2, -0.15) is 4.98 Å². The zero-order valence-electron chi connectivity index (χ0n) is 12.0. The van der Waals surface area contributed by atoms with Gasteiger partial charge in [0.2, 0.25) is 0 Å². The first kappa shape index (κ1) is 14.3. The Morgan fingerprint density at radius 3 is 2.80 bits per heavy atom. The summed E-state index contributed by atoms with van der Waals surface area (Å²) in [5.41, 5.74) is 1.02. The number of para-hydroxylation sites is 1. The van der Waals surface area contributed by atoms with Crippen LogP contribution in [0.2, 0.25) is 0 Å². The van der Waals surface area contributed by atoms with Crippen molar-refractivity contribution >= 4 is 0 Å². The Bertz CT molecular complexity index is 530. The van der Waals surface area contributed by atoms with Gasteiger partial charge in [0.05, 0.1) is 6.61 Å². The monoisotopic (exact) mass is 277 g/mol. The molecule has 0 spiro atoms. The summed E-state index contributed by atoms with van der Waals surface area (Å²) in [5, 5.41) is 6.85. The fraction of sp³-hybridized carbons (Fsp3) is 0.429. The fourth-order valence-corrected chi connectivity index (χ4v) is 1.86. The third kappa shape index (κ3) is 3.48. The molecule has 1 N–H and O–H groups in total. The van der Waals surface area contributed by atoms with E-state index < -0.39 is 0 Å². The Morgan fingerprint density at radius 2 is 2.15 bits per heavy atom. The van der Waals surface area contributed by atoms with Gasteiger partial charge in [0.1, 0.15) is 0 Å². The van der Waals surface area contributed by atoms with Crippen molar-refractivity contribution in [1.29, 1.82) is 0 Å². The van der Waals surface area contributed by atoms with Crippen molar-refractivity contribution in [2.45, 2.75) is 27.0 Å². The zero-order chi connectivity index (χ0) is 14.4. The van der Waals surface area contributed by atoms with E-state index in [0.29, 0.717) is 30.6 Å². The molecule has 0 bridgehead atoms. The first-order valence-electron chi connectivity index (χ1n) is 6.55. The van der Waals surface area contributed by atoms with Crippen molar-refractivity contribution in [3.05, 3.63) is 35.5 Å². The highest BCUT2D eigenvalue weighted by atomic mass is 16.5. The molecule has 1 aromatic carbocycles. The van der Waals surface area contributed by atoms with E-state index in [4.69, 9.17) is 14.0 Å². The number of ether oxygens (including phenoxy) is 2. The molecular weight excluding hydrogens is 258 g/mol. The highest BCUT2D eigenvalue weighted by Crippen LogP contribution is 2.32. The Labute approximate surface area is 118 Å². The molecule has 1 aromatic heterocycles. The molecule has 0 saturated heterocycles. The number of nitrogens with one attached hydrogen (secondary N) is 1. The molecule has 0 unspecified atom stereocenters. The van der Waals surface area contributed by atoms with Crippen LogP contribution in [0.25, 0.3) is 0 Å². The molecule has 2 rings (SSSR count). The summed E-state index contributed by atoms with van der Waals surface area (Å²) in [7, 11) is 1.89. The first-order valence-corrected chi connectivity index (χ1v) is 6.55. The van der Waals surface area contributed by atoms with Crippen molar-refractivity contribution in [2.75, 3.05) is 13.7 Å². The maximum absolute atomic E-state index is 5.81. The van der Waals surface area contributed by atoms with Crippen molar-refractivity contribution in [1.82, 2.24) is 15.5 Å². The van der Waals surface area contributed by atoms with Crippen molar-refractivity contribution in [3.8, 4) is 11.5 Å². The van der Waals surface area contributed by atoms with E-state index >= 15 is 0 Å². The summed E-state index contributed by atoms with van der Waals surface area (Å²) >= 11 is 0. The molecule has 0 atom stereocenters. The summed E-state index contributed by atoms with van der Waals surface area (Å²) in [4.78, 5) is 4.12. The second kappa shape index (κ2) is 6.91. The molecule has 0 saturated carbocycles. The van der Waals surface area contributed by atoms with Gasteiger partial charge in [-0.15, -0.1) is 0 Å². The lowest BCUT2D eigenvalue weighted by Gasteiger charge is -2.14. The number of nitrogens with zero attached hydrogens (tertiary/aromatic N) is 2. The Hall–Kier alpha value is -2.08. The van der Waals surface area contributed by atoms with E-state index in [0.717, 1.165) is 11.3 Å². The molecule has 20 heavy (non-hydrogen) atoms. The van der Waals surface area contributed by atoms with Crippen LogP contribution < -0.4 is 14.8 Å². The van der Waals surface area contributed by atoms with E-state index in [1.54, 1.807) is 6.92 Å². The number of hydrogen-bond donors (Lipinski definition) is 1. The van der Waals surface area contributed by atoms with Crippen molar-refractivity contribution in [2.24, 2.45) is 0 Å². The number of hydrogen-bond acceptors (Lipinski definition) is 6. The molecule has 6 nitrogen and oxygen atoms in total. The summed E-state index contributed by atoms with van der Waals surface area (Å²) in [6, 6.07) is 5.83. The van der Waals surface area contributed by atoms with Crippen molar-refractivity contribution < 1.29 is 14.0 Å². The van der Waals surface area contributed by atoms with Crippen LogP contribution in [-0.2, 0) is 13.2 Å². The van der Waals surface area contributed by atoms with Crippen LogP contribution >= 0.6 is 0 Å². The second-order valence-electron chi connectivity index (χ2n) is 4.23. The SMILES string of the molecule is CCOc1cccc(CNC)c1OCc1nc(C)no1. The molecule has 0 aliphatic rings. The molecule has 0 radical (unpaired) electrons. The van der Waals surface area contributed by atoms with Crippen LogP contribution in [0.15, 0.2) is 22.7 Å². The Morgan fingerprint density at radius 1 is 1.30 bits per heavy atom. The lowest BCUT2D eigenvalue weighted by atomic mass is 10.2. The standard InChI is InChI=1S/C14H19N3O3/c1-4-18-12-7-5-6-11(8-15-3)14(12)19-9-13-16-10(2)17-20-13/h5-7,15H,4,8-9H2,1-3H3. The van der Waals surface area contributed by atoms with Gasteiger partial charge in [-0.25, -0.2) is 0 Å². The van der Waals surface area contributed by atoms with E-state index in [-0.39, 0.29) is 6.61 Å². The highest BCUT2D eigenvalue weighted by molar-refractivity contribution is 5.46. The first-order chi connectivity index (χ1) is 9.74. The smallest absolute Gasteiger partial charge is 0.264 e. The lowest BCUT2D eigenvalue weighted by molar-refractivity contribution is 0.226. The van der Waals surface area contributed by atoms with Crippen LogP contribution in [0.4, 0.5) is 0 Å². The normalized spacial score (nSPS) is 10.6. The molecule has 6 heteroatoms. The third-order valence-corrected chi connectivity index (χ3v) is 2.64. The van der Waals surface area contributed by atoms with Gasteiger partial charge in [-0.3, -0.25) is 0 Å². The van der Waals surface area contributed by atoms with Gasteiger partial charge in [-0.05, 0) is 27.0 Å². The average molecular weight is 277 g/mol. The minimum absolute atomic E-state index is 0.224.